The SMILES string of the molecule is CC(=CC/C=C(\C)CC=O)COCc1ccc(C(=O)c2ccccc2)cc1. The molecule has 0 aliphatic carbocycles. The van der Waals surface area contributed by atoms with Gasteiger partial charge in [-0.25, -0.2) is 0 Å². The number of ketones is 1. The predicted octanol–water partition coefficient (Wildman–Crippen LogP) is 5.31. The zero-order valence-corrected chi connectivity index (χ0v) is 16.0. The lowest BCUT2D eigenvalue weighted by Crippen LogP contribution is -2.02. The molecule has 0 spiro atoms. The molecule has 0 saturated heterocycles. The third kappa shape index (κ3) is 7.16. The van der Waals surface area contributed by atoms with Gasteiger partial charge in [0, 0.05) is 17.5 Å². The van der Waals surface area contributed by atoms with E-state index < -0.39 is 0 Å². The predicted molar refractivity (Wildman–Crippen MR) is 109 cm³/mol. The first-order chi connectivity index (χ1) is 13.1. The summed E-state index contributed by atoms with van der Waals surface area (Å²) in [6.07, 6.45) is 6.39. The number of carbonyl (C=O) groups excluding carboxylic acids is 2. The van der Waals surface area contributed by atoms with Crippen molar-refractivity contribution in [3.63, 3.8) is 0 Å². The number of aldehydes is 1. The van der Waals surface area contributed by atoms with Crippen LogP contribution in [-0.2, 0) is 16.1 Å². The zero-order valence-electron chi connectivity index (χ0n) is 16.0. The topological polar surface area (TPSA) is 43.4 Å². The molecule has 0 aliphatic heterocycles. The fourth-order valence-corrected chi connectivity index (χ4v) is 2.57. The molecule has 0 unspecified atom stereocenters. The minimum Gasteiger partial charge on any atom is -0.372 e. The van der Waals surface area contributed by atoms with Crippen molar-refractivity contribution < 1.29 is 14.3 Å². The maximum absolute atomic E-state index is 12.4. The van der Waals surface area contributed by atoms with E-state index in [0.717, 1.165) is 29.4 Å². The van der Waals surface area contributed by atoms with E-state index in [4.69, 9.17) is 4.74 Å². The lowest BCUT2D eigenvalue weighted by molar-refractivity contribution is -0.107. The van der Waals surface area contributed by atoms with E-state index in [1.54, 1.807) is 0 Å². The average Bonchev–Trinajstić information content (AvgIpc) is 2.69. The van der Waals surface area contributed by atoms with Crippen molar-refractivity contribution in [3.05, 3.63) is 94.6 Å². The van der Waals surface area contributed by atoms with Gasteiger partial charge in [-0.3, -0.25) is 4.79 Å². The zero-order chi connectivity index (χ0) is 19.5. The summed E-state index contributed by atoms with van der Waals surface area (Å²) in [5, 5.41) is 0. The van der Waals surface area contributed by atoms with Gasteiger partial charge in [0.15, 0.2) is 5.78 Å². The molecule has 3 heteroatoms. The highest BCUT2D eigenvalue weighted by molar-refractivity contribution is 6.08. The first-order valence-corrected chi connectivity index (χ1v) is 9.11. The number of rotatable bonds is 10. The summed E-state index contributed by atoms with van der Waals surface area (Å²) >= 11 is 0. The molecule has 0 heterocycles. The Morgan fingerprint density at radius 3 is 2.19 bits per heavy atom. The lowest BCUT2D eigenvalue weighted by atomic mass is 10.0. The van der Waals surface area contributed by atoms with Crippen LogP contribution in [0.5, 0.6) is 0 Å². The normalized spacial score (nSPS) is 12.1. The summed E-state index contributed by atoms with van der Waals surface area (Å²) in [6, 6.07) is 16.8. The molecule has 2 rings (SSSR count). The van der Waals surface area contributed by atoms with Crippen molar-refractivity contribution in [1.29, 1.82) is 0 Å². The molecule has 2 aromatic rings. The molecular weight excluding hydrogens is 336 g/mol. The monoisotopic (exact) mass is 362 g/mol. The van der Waals surface area contributed by atoms with Crippen molar-refractivity contribution >= 4 is 12.1 Å². The van der Waals surface area contributed by atoms with Gasteiger partial charge in [0.05, 0.1) is 13.2 Å². The Bertz CT molecular complexity index is 799. The third-order valence-electron chi connectivity index (χ3n) is 4.19. The molecule has 0 saturated carbocycles. The summed E-state index contributed by atoms with van der Waals surface area (Å²) < 4.78 is 5.74. The number of allylic oxidation sites excluding steroid dienone is 3. The number of hydrogen-bond donors (Lipinski definition) is 0. The molecule has 3 nitrogen and oxygen atoms in total. The van der Waals surface area contributed by atoms with Crippen molar-refractivity contribution in [2.75, 3.05) is 6.61 Å². The molecule has 0 fully saturated rings. The van der Waals surface area contributed by atoms with E-state index in [9.17, 15) is 9.59 Å². The van der Waals surface area contributed by atoms with Crippen molar-refractivity contribution in [2.24, 2.45) is 0 Å². The van der Waals surface area contributed by atoms with Crippen LogP contribution in [0.2, 0.25) is 0 Å². The fourth-order valence-electron chi connectivity index (χ4n) is 2.57. The Hall–Kier alpha value is -2.78. The van der Waals surface area contributed by atoms with Crippen LogP contribution in [0.25, 0.3) is 0 Å². The summed E-state index contributed by atoms with van der Waals surface area (Å²) in [4.78, 5) is 22.8. The Labute approximate surface area is 161 Å². The molecule has 0 atom stereocenters. The minimum atomic E-state index is 0.0276. The van der Waals surface area contributed by atoms with E-state index in [0.29, 0.717) is 30.8 Å². The molecule has 0 N–H and O–H groups in total. The number of benzene rings is 2. The highest BCUT2D eigenvalue weighted by Gasteiger charge is 2.08. The number of ether oxygens (including phenoxy) is 1. The Morgan fingerprint density at radius 1 is 0.889 bits per heavy atom. The molecule has 140 valence electrons. The van der Waals surface area contributed by atoms with E-state index in [-0.39, 0.29) is 5.78 Å². The fraction of sp³-hybridized carbons (Fsp3) is 0.250. The standard InChI is InChI=1S/C24H26O3/c1-19(15-16-25)7-6-8-20(2)17-27-18-21-11-13-23(14-12-21)24(26)22-9-4-3-5-10-22/h3-5,7-14,16H,6,15,17-18H2,1-2H3/b19-7+,20-8?. The van der Waals surface area contributed by atoms with Crippen LogP contribution >= 0.6 is 0 Å². The van der Waals surface area contributed by atoms with Gasteiger partial charge >= 0.3 is 0 Å². The lowest BCUT2D eigenvalue weighted by Gasteiger charge is -2.06. The third-order valence-corrected chi connectivity index (χ3v) is 4.19. The maximum atomic E-state index is 12.4. The molecule has 2 aromatic carbocycles. The first-order valence-electron chi connectivity index (χ1n) is 9.11. The smallest absolute Gasteiger partial charge is 0.193 e. The van der Waals surface area contributed by atoms with Gasteiger partial charge in [-0.2, -0.15) is 0 Å². The van der Waals surface area contributed by atoms with Crippen LogP contribution in [0, 0.1) is 0 Å². The van der Waals surface area contributed by atoms with E-state index in [1.807, 2.05) is 68.4 Å². The van der Waals surface area contributed by atoms with E-state index >= 15 is 0 Å². The van der Waals surface area contributed by atoms with Gasteiger partial charge in [-0.05, 0) is 25.8 Å². The summed E-state index contributed by atoms with van der Waals surface area (Å²) in [5.41, 5.74) is 4.65. The van der Waals surface area contributed by atoms with Crippen molar-refractivity contribution in [1.82, 2.24) is 0 Å². The molecule has 0 bridgehead atoms. The van der Waals surface area contributed by atoms with Gasteiger partial charge in [-0.15, -0.1) is 0 Å². The van der Waals surface area contributed by atoms with Gasteiger partial charge in [0.1, 0.15) is 6.29 Å². The van der Waals surface area contributed by atoms with Crippen LogP contribution in [0.1, 0.15) is 48.2 Å². The van der Waals surface area contributed by atoms with Gasteiger partial charge in [0.2, 0.25) is 0 Å². The summed E-state index contributed by atoms with van der Waals surface area (Å²) in [5.74, 6) is 0.0276. The highest BCUT2D eigenvalue weighted by Crippen LogP contribution is 2.12. The van der Waals surface area contributed by atoms with Gasteiger partial charge < -0.3 is 9.53 Å². The Kier molecular flexibility index (Phi) is 8.40. The minimum absolute atomic E-state index is 0.0276. The van der Waals surface area contributed by atoms with Crippen LogP contribution in [0.4, 0.5) is 0 Å². The van der Waals surface area contributed by atoms with E-state index in [1.165, 1.54) is 0 Å². The molecule has 0 aromatic heterocycles. The quantitative estimate of drug-likeness (QED) is 0.327. The molecule has 0 amide bonds. The highest BCUT2D eigenvalue weighted by atomic mass is 16.5. The number of carbonyl (C=O) groups is 2. The van der Waals surface area contributed by atoms with Crippen LogP contribution < -0.4 is 0 Å². The molecule has 27 heavy (non-hydrogen) atoms. The van der Waals surface area contributed by atoms with Crippen molar-refractivity contribution in [3.8, 4) is 0 Å². The summed E-state index contributed by atoms with van der Waals surface area (Å²) in [7, 11) is 0. The van der Waals surface area contributed by atoms with Crippen molar-refractivity contribution in [2.45, 2.75) is 33.3 Å². The van der Waals surface area contributed by atoms with Gasteiger partial charge in [-0.1, -0.05) is 77.9 Å². The molecule has 0 radical (unpaired) electrons. The van der Waals surface area contributed by atoms with Crippen LogP contribution in [0.15, 0.2) is 77.9 Å². The number of hydrogen-bond acceptors (Lipinski definition) is 3. The Balaban J connectivity index is 1.80. The second-order valence-corrected chi connectivity index (χ2v) is 6.59. The molecular formula is C24H26O3. The first kappa shape index (κ1) is 20.5. The van der Waals surface area contributed by atoms with Crippen LogP contribution in [-0.4, -0.2) is 18.7 Å². The summed E-state index contributed by atoms with van der Waals surface area (Å²) in [6.45, 7) is 5.06. The Morgan fingerprint density at radius 2 is 1.52 bits per heavy atom. The molecule has 0 aliphatic rings. The second kappa shape index (κ2) is 11.0. The van der Waals surface area contributed by atoms with Crippen LogP contribution in [0.3, 0.4) is 0 Å². The largest absolute Gasteiger partial charge is 0.372 e. The average molecular weight is 362 g/mol. The second-order valence-electron chi connectivity index (χ2n) is 6.59. The maximum Gasteiger partial charge on any atom is 0.193 e. The van der Waals surface area contributed by atoms with Gasteiger partial charge in [0.25, 0.3) is 0 Å². The van der Waals surface area contributed by atoms with E-state index in [2.05, 4.69) is 12.2 Å².